The molecule has 3 aromatic carbocycles. The van der Waals surface area contributed by atoms with Crippen LogP contribution in [0.25, 0.3) is 0 Å². The minimum absolute atomic E-state index is 0.0680. The molecule has 0 spiro atoms. The van der Waals surface area contributed by atoms with Gasteiger partial charge in [-0.05, 0) is 43.5 Å². The molecule has 2 atom stereocenters. The quantitative estimate of drug-likeness (QED) is 0.584. The van der Waals surface area contributed by atoms with Crippen molar-refractivity contribution < 1.29 is 18.3 Å². The summed E-state index contributed by atoms with van der Waals surface area (Å²) in [6.45, 7) is 3.88. The minimum atomic E-state index is -4.02. The van der Waals surface area contributed by atoms with Gasteiger partial charge < -0.3 is 5.11 Å². The van der Waals surface area contributed by atoms with E-state index in [0.717, 1.165) is 16.7 Å². The van der Waals surface area contributed by atoms with Gasteiger partial charge in [0.2, 0.25) is 10.0 Å². The highest BCUT2D eigenvalue weighted by Gasteiger charge is 2.44. The van der Waals surface area contributed by atoms with E-state index in [2.05, 4.69) is 0 Å². The summed E-state index contributed by atoms with van der Waals surface area (Å²) in [5.41, 5.74) is 3.53. The Kier molecular flexibility index (Phi) is 6.00. The molecule has 1 N–H and O–H groups in total. The Labute approximate surface area is 188 Å². The third-order valence-electron chi connectivity index (χ3n) is 5.80. The molecular formula is C26H25NO4S. The van der Waals surface area contributed by atoms with Gasteiger partial charge in [-0.25, -0.2) is 13.2 Å². The van der Waals surface area contributed by atoms with Crippen molar-refractivity contribution in [3.63, 3.8) is 0 Å². The number of aliphatic carboxylic acids is 1. The van der Waals surface area contributed by atoms with Crippen LogP contribution in [-0.2, 0) is 14.8 Å². The van der Waals surface area contributed by atoms with Crippen LogP contribution in [-0.4, -0.2) is 23.8 Å². The van der Waals surface area contributed by atoms with Crippen molar-refractivity contribution in [3.8, 4) is 0 Å². The number of carboxylic acid groups (broad SMARTS) is 1. The summed E-state index contributed by atoms with van der Waals surface area (Å²) in [5.74, 6) is -1.12. The maximum Gasteiger partial charge on any atom is 0.333 e. The number of sulfonamides is 1. The topological polar surface area (TPSA) is 74.7 Å². The highest BCUT2D eigenvalue weighted by atomic mass is 32.2. The average molecular weight is 448 g/mol. The molecule has 0 saturated heterocycles. The number of carbonyl (C=O) groups is 1. The molecule has 1 aliphatic heterocycles. The minimum Gasteiger partial charge on any atom is -0.478 e. The molecule has 0 fully saturated rings. The highest BCUT2D eigenvalue weighted by molar-refractivity contribution is 7.89. The van der Waals surface area contributed by atoms with Gasteiger partial charge in [0.05, 0.1) is 22.6 Å². The Bertz CT molecular complexity index is 1260. The molecule has 5 nitrogen and oxygen atoms in total. The van der Waals surface area contributed by atoms with Crippen LogP contribution in [0.1, 0.15) is 40.8 Å². The summed E-state index contributed by atoms with van der Waals surface area (Å²) in [7, 11) is -4.02. The van der Waals surface area contributed by atoms with Crippen molar-refractivity contribution in [2.45, 2.75) is 37.2 Å². The van der Waals surface area contributed by atoms with Crippen molar-refractivity contribution in [1.29, 1.82) is 0 Å². The van der Waals surface area contributed by atoms with E-state index in [1.54, 1.807) is 42.5 Å². The number of benzene rings is 3. The molecule has 0 bridgehead atoms. The molecule has 6 heteroatoms. The first-order valence-electron chi connectivity index (χ1n) is 10.4. The molecule has 0 unspecified atom stereocenters. The number of aryl methyl sites for hydroxylation is 2. The Morgan fingerprint density at radius 2 is 1.56 bits per heavy atom. The molecular weight excluding hydrogens is 422 g/mol. The first-order chi connectivity index (χ1) is 15.3. The van der Waals surface area contributed by atoms with Gasteiger partial charge in [0, 0.05) is 0 Å². The van der Waals surface area contributed by atoms with Gasteiger partial charge in [-0.15, -0.1) is 0 Å². The Hall–Kier alpha value is -3.22. The summed E-state index contributed by atoms with van der Waals surface area (Å²) in [6.07, 6.45) is 1.94. The second kappa shape index (κ2) is 8.73. The Morgan fingerprint density at radius 1 is 0.875 bits per heavy atom. The van der Waals surface area contributed by atoms with E-state index >= 15 is 0 Å². The first kappa shape index (κ1) is 22.0. The fourth-order valence-electron chi connectivity index (χ4n) is 4.23. The zero-order valence-electron chi connectivity index (χ0n) is 18.0. The molecule has 1 heterocycles. The highest BCUT2D eigenvalue weighted by Crippen LogP contribution is 2.45. The summed E-state index contributed by atoms with van der Waals surface area (Å²) >= 11 is 0. The van der Waals surface area contributed by atoms with Crippen LogP contribution in [0.3, 0.4) is 0 Å². The molecule has 3 aromatic rings. The number of carboxylic acids is 1. The summed E-state index contributed by atoms with van der Waals surface area (Å²) in [5, 5.41) is 10.00. The van der Waals surface area contributed by atoms with Crippen molar-refractivity contribution in [2.24, 2.45) is 0 Å². The predicted molar refractivity (Wildman–Crippen MR) is 124 cm³/mol. The fourth-order valence-corrected chi connectivity index (χ4v) is 6.03. The Balaban J connectivity index is 1.97. The van der Waals surface area contributed by atoms with Gasteiger partial charge in [-0.2, -0.15) is 4.31 Å². The molecule has 32 heavy (non-hydrogen) atoms. The lowest BCUT2D eigenvalue weighted by Crippen LogP contribution is -2.42. The van der Waals surface area contributed by atoms with Gasteiger partial charge in [-0.3, -0.25) is 0 Å². The lowest BCUT2D eigenvalue weighted by atomic mass is 9.88. The Morgan fingerprint density at radius 3 is 2.19 bits per heavy atom. The van der Waals surface area contributed by atoms with Gasteiger partial charge in [-0.1, -0.05) is 83.9 Å². The molecule has 0 saturated carbocycles. The van der Waals surface area contributed by atoms with Crippen molar-refractivity contribution >= 4 is 16.0 Å². The predicted octanol–water partition coefficient (Wildman–Crippen LogP) is 5.19. The van der Waals surface area contributed by atoms with E-state index in [1.165, 1.54) is 4.31 Å². The summed E-state index contributed by atoms with van der Waals surface area (Å²) < 4.78 is 29.3. The van der Waals surface area contributed by atoms with Crippen LogP contribution >= 0.6 is 0 Å². The third-order valence-corrected chi connectivity index (χ3v) is 7.69. The lowest BCUT2D eigenvalue weighted by molar-refractivity contribution is -0.133. The largest absolute Gasteiger partial charge is 0.478 e. The molecule has 1 aliphatic rings. The lowest BCUT2D eigenvalue weighted by Gasteiger charge is -2.40. The SMILES string of the molecule is Cc1ccc([C@@H]2CC=C(C(=O)O)[C@H](c3cccc(C)c3)N2S(=O)(=O)c2ccccc2)cc1. The van der Waals surface area contributed by atoms with Crippen molar-refractivity contribution in [2.75, 3.05) is 0 Å². The molecule has 0 aromatic heterocycles. The standard InChI is InChI=1S/C26H25NO4S/c1-18-11-13-20(14-12-18)24-16-15-23(26(28)29)25(21-8-6-7-19(2)17-21)27(24)32(30,31)22-9-4-3-5-10-22/h3-15,17,24-25H,16H2,1-2H3,(H,28,29)/t24-,25-/m0/s1. The molecule has 164 valence electrons. The van der Waals surface area contributed by atoms with E-state index in [9.17, 15) is 18.3 Å². The molecule has 4 rings (SSSR count). The number of nitrogens with zero attached hydrogens (tertiary/aromatic N) is 1. The van der Waals surface area contributed by atoms with Crippen LogP contribution in [0.5, 0.6) is 0 Å². The monoisotopic (exact) mass is 447 g/mol. The average Bonchev–Trinajstić information content (AvgIpc) is 2.79. The van der Waals surface area contributed by atoms with E-state index in [1.807, 2.05) is 56.3 Å². The molecule has 0 aliphatic carbocycles. The van der Waals surface area contributed by atoms with Crippen LogP contribution in [0.4, 0.5) is 0 Å². The van der Waals surface area contributed by atoms with E-state index in [4.69, 9.17) is 0 Å². The van der Waals surface area contributed by atoms with Crippen LogP contribution in [0, 0.1) is 13.8 Å². The maximum atomic E-state index is 14.0. The van der Waals surface area contributed by atoms with E-state index in [0.29, 0.717) is 5.56 Å². The summed E-state index contributed by atoms with van der Waals surface area (Å²) in [4.78, 5) is 12.4. The zero-order valence-corrected chi connectivity index (χ0v) is 18.8. The van der Waals surface area contributed by atoms with Gasteiger partial charge in [0.15, 0.2) is 0 Å². The van der Waals surface area contributed by atoms with E-state index < -0.39 is 28.1 Å². The van der Waals surface area contributed by atoms with Crippen molar-refractivity contribution in [1.82, 2.24) is 4.31 Å². The number of rotatable bonds is 5. The fraction of sp³-hybridized carbons (Fsp3) is 0.192. The zero-order chi connectivity index (χ0) is 22.9. The summed E-state index contributed by atoms with van der Waals surface area (Å²) in [6, 6.07) is 21.8. The smallest absolute Gasteiger partial charge is 0.333 e. The first-order valence-corrected chi connectivity index (χ1v) is 11.9. The second-order valence-electron chi connectivity index (χ2n) is 8.09. The van der Waals surface area contributed by atoms with Crippen molar-refractivity contribution in [3.05, 3.63) is 113 Å². The van der Waals surface area contributed by atoms with Crippen LogP contribution in [0.2, 0.25) is 0 Å². The third kappa shape index (κ3) is 4.11. The van der Waals surface area contributed by atoms with Gasteiger partial charge >= 0.3 is 5.97 Å². The van der Waals surface area contributed by atoms with Crippen LogP contribution < -0.4 is 0 Å². The van der Waals surface area contributed by atoms with Crippen LogP contribution in [0.15, 0.2) is 95.4 Å². The molecule has 0 amide bonds. The maximum absolute atomic E-state index is 14.0. The normalized spacial score (nSPS) is 19.4. The van der Waals surface area contributed by atoms with E-state index in [-0.39, 0.29) is 16.9 Å². The molecule has 0 radical (unpaired) electrons. The van der Waals surface area contributed by atoms with Gasteiger partial charge in [0.25, 0.3) is 0 Å². The van der Waals surface area contributed by atoms with Gasteiger partial charge in [0.1, 0.15) is 0 Å². The number of hydrogen-bond donors (Lipinski definition) is 1. The second-order valence-corrected chi connectivity index (χ2v) is 9.93. The number of hydrogen-bond acceptors (Lipinski definition) is 3.